The van der Waals surface area contributed by atoms with E-state index in [1.54, 1.807) is 0 Å². The van der Waals surface area contributed by atoms with Gasteiger partial charge in [-0.05, 0) is 37.1 Å². The van der Waals surface area contributed by atoms with E-state index in [0.717, 1.165) is 18.5 Å². The van der Waals surface area contributed by atoms with Crippen molar-refractivity contribution in [3.05, 3.63) is 51.7 Å². The van der Waals surface area contributed by atoms with Crippen molar-refractivity contribution in [3.63, 3.8) is 0 Å². The molecule has 1 aliphatic heterocycles. The zero-order chi connectivity index (χ0) is 14.1. The molecule has 1 atom stereocenters. The fourth-order valence-corrected chi connectivity index (χ4v) is 3.81. The molecule has 1 aliphatic rings. The molecule has 0 fully saturated rings. The summed E-state index contributed by atoms with van der Waals surface area (Å²) in [6.07, 6.45) is 1.99. The van der Waals surface area contributed by atoms with E-state index in [1.165, 1.54) is 21.2 Å². The predicted octanol–water partition coefficient (Wildman–Crippen LogP) is 4.73. The molecule has 0 aliphatic carbocycles. The number of nitrogens with zero attached hydrogens (tertiary/aromatic N) is 2. The highest BCUT2D eigenvalue weighted by atomic mass is 32.1. The Morgan fingerprint density at radius 1 is 1.25 bits per heavy atom. The van der Waals surface area contributed by atoms with Crippen LogP contribution in [0.15, 0.2) is 41.4 Å². The molecule has 0 saturated heterocycles. The van der Waals surface area contributed by atoms with E-state index in [4.69, 9.17) is 4.99 Å². The Morgan fingerprint density at radius 3 is 2.75 bits per heavy atom. The van der Waals surface area contributed by atoms with Gasteiger partial charge in [-0.25, -0.2) is 4.99 Å². The van der Waals surface area contributed by atoms with Crippen LogP contribution in [0, 0.1) is 6.92 Å². The minimum absolute atomic E-state index is 0.399. The summed E-state index contributed by atoms with van der Waals surface area (Å²) in [6, 6.07) is 13.4. The van der Waals surface area contributed by atoms with Crippen LogP contribution in [0.25, 0.3) is 0 Å². The quantitative estimate of drug-likeness (QED) is 0.778. The van der Waals surface area contributed by atoms with Gasteiger partial charge in [-0.15, -0.1) is 11.3 Å². The Bertz CT molecular complexity index is 642. The molecule has 0 spiro atoms. The first-order chi connectivity index (χ1) is 9.69. The van der Waals surface area contributed by atoms with Gasteiger partial charge in [0.25, 0.3) is 0 Å². The van der Waals surface area contributed by atoms with Gasteiger partial charge in [0.1, 0.15) is 5.84 Å². The number of benzene rings is 1. The van der Waals surface area contributed by atoms with E-state index in [1.807, 2.05) is 11.3 Å². The van der Waals surface area contributed by atoms with Crippen molar-refractivity contribution < 1.29 is 0 Å². The summed E-state index contributed by atoms with van der Waals surface area (Å²) in [6.45, 7) is 4.35. The number of thiophene rings is 1. The molecule has 2 nitrogen and oxygen atoms in total. The molecule has 104 valence electrons. The maximum Gasteiger partial charge on any atom is 0.105 e. The Hall–Kier alpha value is -1.61. The van der Waals surface area contributed by atoms with Crippen LogP contribution in [0.2, 0.25) is 0 Å². The molecule has 2 aromatic rings. The third kappa shape index (κ3) is 2.38. The largest absolute Gasteiger partial charge is 0.355 e. The van der Waals surface area contributed by atoms with E-state index in [-0.39, 0.29) is 0 Å². The fraction of sp³-hybridized carbons (Fsp3) is 0.353. The SMILES string of the molecule is CCC1=Nc2ccccc2CC(c2ccc(C)s2)N1C. The summed E-state index contributed by atoms with van der Waals surface area (Å²) in [5, 5.41) is 0. The van der Waals surface area contributed by atoms with Gasteiger partial charge in [-0.3, -0.25) is 0 Å². The number of likely N-dealkylation sites (N-methyl/N-ethyl adjacent to an activating group) is 1. The molecule has 0 N–H and O–H groups in total. The highest BCUT2D eigenvalue weighted by Gasteiger charge is 2.25. The minimum atomic E-state index is 0.399. The van der Waals surface area contributed by atoms with E-state index in [9.17, 15) is 0 Å². The monoisotopic (exact) mass is 284 g/mol. The molecule has 0 amide bonds. The fourth-order valence-electron chi connectivity index (χ4n) is 2.79. The van der Waals surface area contributed by atoms with Crippen molar-refractivity contribution in [2.24, 2.45) is 4.99 Å². The molecular formula is C17H20N2S. The first-order valence-corrected chi connectivity index (χ1v) is 7.95. The number of aryl methyl sites for hydroxylation is 1. The van der Waals surface area contributed by atoms with E-state index in [0.29, 0.717) is 6.04 Å². The van der Waals surface area contributed by atoms with Crippen LogP contribution in [-0.4, -0.2) is 17.8 Å². The molecule has 0 bridgehead atoms. The highest BCUT2D eigenvalue weighted by Crippen LogP contribution is 2.35. The summed E-state index contributed by atoms with van der Waals surface area (Å²) < 4.78 is 0. The van der Waals surface area contributed by atoms with Crippen molar-refractivity contribution in [3.8, 4) is 0 Å². The first-order valence-electron chi connectivity index (χ1n) is 7.13. The van der Waals surface area contributed by atoms with Crippen molar-refractivity contribution in [1.29, 1.82) is 0 Å². The minimum Gasteiger partial charge on any atom is -0.355 e. The number of hydrogen-bond donors (Lipinski definition) is 0. The highest BCUT2D eigenvalue weighted by molar-refractivity contribution is 7.12. The smallest absolute Gasteiger partial charge is 0.105 e. The molecule has 0 radical (unpaired) electrons. The molecule has 1 aromatic carbocycles. The van der Waals surface area contributed by atoms with Crippen LogP contribution < -0.4 is 0 Å². The molecule has 3 heteroatoms. The van der Waals surface area contributed by atoms with Crippen molar-refractivity contribution in [2.45, 2.75) is 32.7 Å². The predicted molar refractivity (Wildman–Crippen MR) is 87.1 cm³/mol. The summed E-state index contributed by atoms with van der Waals surface area (Å²) >= 11 is 1.90. The summed E-state index contributed by atoms with van der Waals surface area (Å²) in [5.41, 5.74) is 2.48. The lowest BCUT2D eigenvalue weighted by atomic mass is 10.0. The van der Waals surface area contributed by atoms with Crippen LogP contribution in [0.3, 0.4) is 0 Å². The van der Waals surface area contributed by atoms with Gasteiger partial charge < -0.3 is 4.90 Å². The Morgan fingerprint density at radius 2 is 2.05 bits per heavy atom. The molecule has 3 rings (SSSR count). The lowest BCUT2D eigenvalue weighted by Crippen LogP contribution is -2.30. The summed E-state index contributed by atoms with van der Waals surface area (Å²) in [5.74, 6) is 1.17. The Labute approximate surface area is 124 Å². The van der Waals surface area contributed by atoms with E-state index < -0.39 is 0 Å². The zero-order valence-electron chi connectivity index (χ0n) is 12.3. The lowest BCUT2D eigenvalue weighted by molar-refractivity contribution is 0.376. The van der Waals surface area contributed by atoms with Crippen LogP contribution in [0.5, 0.6) is 0 Å². The van der Waals surface area contributed by atoms with Crippen LogP contribution in [0.4, 0.5) is 5.69 Å². The number of hydrogen-bond acceptors (Lipinski definition) is 3. The van der Waals surface area contributed by atoms with Gasteiger partial charge in [-0.2, -0.15) is 0 Å². The normalized spacial score (nSPS) is 18.4. The standard InChI is InChI=1S/C17H20N2S/c1-4-17-18-14-8-6-5-7-13(14)11-15(19(17)3)16-10-9-12(2)20-16/h5-10,15H,4,11H2,1-3H3. The first kappa shape index (κ1) is 13.4. The number of rotatable bonds is 2. The second-order valence-corrected chi connectivity index (χ2v) is 6.61. The van der Waals surface area contributed by atoms with Crippen molar-refractivity contribution in [2.75, 3.05) is 7.05 Å². The average Bonchev–Trinajstić information content (AvgIpc) is 2.82. The summed E-state index contributed by atoms with van der Waals surface area (Å²) in [4.78, 5) is 10.0. The van der Waals surface area contributed by atoms with Gasteiger partial charge in [0.05, 0.1) is 11.7 Å². The molecule has 1 unspecified atom stereocenters. The second kappa shape index (κ2) is 5.41. The molecule has 0 saturated carbocycles. The molecular weight excluding hydrogens is 264 g/mol. The van der Waals surface area contributed by atoms with E-state index >= 15 is 0 Å². The number of amidine groups is 1. The van der Waals surface area contributed by atoms with Crippen molar-refractivity contribution in [1.82, 2.24) is 4.90 Å². The number of aliphatic imine (C=N–C) groups is 1. The Kier molecular flexibility index (Phi) is 3.62. The number of fused-ring (bicyclic) bond motifs is 1. The van der Waals surface area contributed by atoms with Gasteiger partial charge in [0.2, 0.25) is 0 Å². The van der Waals surface area contributed by atoms with Crippen molar-refractivity contribution >= 4 is 22.9 Å². The molecule has 20 heavy (non-hydrogen) atoms. The van der Waals surface area contributed by atoms with Crippen LogP contribution in [-0.2, 0) is 6.42 Å². The summed E-state index contributed by atoms with van der Waals surface area (Å²) in [7, 11) is 2.17. The van der Waals surface area contributed by atoms with Gasteiger partial charge in [0, 0.05) is 23.2 Å². The van der Waals surface area contributed by atoms with Gasteiger partial charge in [0.15, 0.2) is 0 Å². The van der Waals surface area contributed by atoms with Crippen LogP contribution in [0.1, 0.15) is 34.7 Å². The maximum absolute atomic E-state index is 4.87. The second-order valence-electron chi connectivity index (χ2n) is 5.29. The van der Waals surface area contributed by atoms with Gasteiger partial charge in [-0.1, -0.05) is 25.1 Å². The van der Waals surface area contributed by atoms with Gasteiger partial charge >= 0.3 is 0 Å². The van der Waals surface area contributed by atoms with Crippen LogP contribution >= 0.6 is 11.3 Å². The zero-order valence-corrected chi connectivity index (χ0v) is 13.1. The lowest BCUT2D eigenvalue weighted by Gasteiger charge is -2.28. The average molecular weight is 284 g/mol. The Balaban J connectivity index is 2.07. The van der Waals surface area contributed by atoms with E-state index in [2.05, 4.69) is 62.2 Å². The topological polar surface area (TPSA) is 15.6 Å². The third-order valence-corrected chi connectivity index (χ3v) is 5.04. The molecule has 1 aromatic heterocycles. The third-order valence-electron chi connectivity index (χ3n) is 3.93. The number of para-hydroxylation sites is 1. The molecule has 2 heterocycles. The maximum atomic E-state index is 4.87.